The normalized spacial score (nSPS) is 17.3. The molecule has 0 radical (unpaired) electrons. The molecule has 0 saturated carbocycles. The number of fused-ring (bicyclic) bond motifs is 1. The zero-order valence-corrected chi connectivity index (χ0v) is 10.5. The van der Waals surface area contributed by atoms with E-state index in [0.717, 1.165) is 11.3 Å². The number of rotatable bonds is 3. The maximum Gasteiger partial charge on any atom is 0.339 e. The summed E-state index contributed by atoms with van der Waals surface area (Å²) in [6.07, 6.45) is -0.126. The lowest BCUT2D eigenvalue weighted by Crippen LogP contribution is -2.01. The summed E-state index contributed by atoms with van der Waals surface area (Å²) in [6.45, 7) is 0. The average Bonchev–Trinajstić information content (AvgIpc) is 2.75. The van der Waals surface area contributed by atoms with Crippen molar-refractivity contribution in [2.75, 3.05) is 5.75 Å². The van der Waals surface area contributed by atoms with Gasteiger partial charge in [-0.25, -0.2) is 4.79 Å². The molecule has 0 N–H and O–H groups in total. The molecule has 1 unspecified atom stereocenters. The molecule has 1 heterocycles. The molecule has 90 valence electrons. The van der Waals surface area contributed by atoms with E-state index in [1.165, 1.54) is 4.90 Å². The Morgan fingerprint density at radius 3 is 2.56 bits per heavy atom. The first kappa shape index (κ1) is 11.4. The molecule has 2 aromatic carbocycles. The van der Waals surface area contributed by atoms with Crippen molar-refractivity contribution in [3.05, 3.63) is 65.7 Å². The maximum atomic E-state index is 11.7. The topological polar surface area (TPSA) is 26.3 Å². The Bertz CT molecular complexity index is 566. The monoisotopic (exact) mass is 256 g/mol. The second-order valence-corrected chi connectivity index (χ2v) is 5.20. The van der Waals surface area contributed by atoms with Crippen LogP contribution in [-0.4, -0.2) is 11.7 Å². The minimum Gasteiger partial charge on any atom is -0.453 e. The zero-order valence-electron chi connectivity index (χ0n) is 9.71. The second kappa shape index (κ2) is 4.86. The SMILES string of the molecule is O=C1OC(CSc2ccccc2)c2ccccc21. The summed E-state index contributed by atoms with van der Waals surface area (Å²) in [5, 5.41) is 0. The van der Waals surface area contributed by atoms with Gasteiger partial charge in [-0.15, -0.1) is 11.8 Å². The fraction of sp³-hybridized carbons (Fsp3) is 0.133. The first-order valence-corrected chi connectivity index (χ1v) is 6.81. The number of carbonyl (C=O) groups excluding carboxylic acids is 1. The molecular weight excluding hydrogens is 244 g/mol. The Morgan fingerprint density at radius 1 is 1.00 bits per heavy atom. The summed E-state index contributed by atoms with van der Waals surface area (Å²) in [5.74, 6) is 0.552. The summed E-state index contributed by atoms with van der Waals surface area (Å²) in [4.78, 5) is 12.8. The van der Waals surface area contributed by atoms with Crippen LogP contribution >= 0.6 is 11.8 Å². The van der Waals surface area contributed by atoms with E-state index in [-0.39, 0.29) is 12.1 Å². The number of hydrogen-bond acceptors (Lipinski definition) is 3. The van der Waals surface area contributed by atoms with Gasteiger partial charge in [0.25, 0.3) is 0 Å². The largest absolute Gasteiger partial charge is 0.453 e. The van der Waals surface area contributed by atoms with Gasteiger partial charge in [-0.1, -0.05) is 36.4 Å². The van der Waals surface area contributed by atoms with Crippen LogP contribution in [-0.2, 0) is 4.74 Å². The Balaban J connectivity index is 1.74. The smallest absolute Gasteiger partial charge is 0.339 e. The molecule has 3 heteroatoms. The molecule has 0 aromatic heterocycles. The lowest BCUT2D eigenvalue weighted by Gasteiger charge is -2.09. The Morgan fingerprint density at radius 2 is 1.72 bits per heavy atom. The first-order chi connectivity index (χ1) is 8.84. The zero-order chi connectivity index (χ0) is 12.4. The van der Waals surface area contributed by atoms with Crippen LogP contribution in [0.5, 0.6) is 0 Å². The van der Waals surface area contributed by atoms with Gasteiger partial charge in [-0.05, 0) is 18.2 Å². The van der Waals surface area contributed by atoms with Gasteiger partial charge in [0.1, 0.15) is 6.10 Å². The summed E-state index contributed by atoms with van der Waals surface area (Å²) in [5.41, 5.74) is 1.71. The van der Waals surface area contributed by atoms with Crippen LogP contribution in [0.25, 0.3) is 0 Å². The van der Waals surface area contributed by atoms with Crippen LogP contribution in [0.3, 0.4) is 0 Å². The van der Waals surface area contributed by atoms with E-state index in [1.807, 2.05) is 42.5 Å². The van der Waals surface area contributed by atoms with E-state index >= 15 is 0 Å². The molecule has 0 spiro atoms. The molecular formula is C15H12O2S. The quantitative estimate of drug-likeness (QED) is 0.619. The highest BCUT2D eigenvalue weighted by Crippen LogP contribution is 2.34. The molecule has 0 saturated heterocycles. The molecule has 1 aliphatic heterocycles. The Hall–Kier alpha value is -1.74. The number of thioether (sulfide) groups is 1. The Kier molecular flexibility index (Phi) is 3.07. The van der Waals surface area contributed by atoms with Crippen LogP contribution in [0.4, 0.5) is 0 Å². The summed E-state index contributed by atoms with van der Waals surface area (Å²) in [7, 11) is 0. The third-order valence-electron chi connectivity index (χ3n) is 2.92. The van der Waals surface area contributed by atoms with E-state index in [4.69, 9.17) is 4.74 Å². The minimum atomic E-state index is -0.204. The third kappa shape index (κ3) is 2.14. The molecule has 3 rings (SSSR count). The highest BCUT2D eigenvalue weighted by molar-refractivity contribution is 7.99. The van der Waals surface area contributed by atoms with Gasteiger partial charge >= 0.3 is 5.97 Å². The molecule has 1 aliphatic rings. The summed E-state index contributed by atoms with van der Waals surface area (Å²) < 4.78 is 5.39. The number of carbonyl (C=O) groups is 1. The van der Waals surface area contributed by atoms with Crippen LogP contribution in [0.15, 0.2) is 59.5 Å². The number of ether oxygens (including phenoxy) is 1. The van der Waals surface area contributed by atoms with Crippen molar-refractivity contribution in [3.8, 4) is 0 Å². The van der Waals surface area contributed by atoms with Gasteiger partial charge in [0, 0.05) is 16.2 Å². The maximum absolute atomic E-state index is 11.7. The number of esters is 1. The highest BCUT2D eigenvalue weighted by Gasteiger charge is 2.30. The standard InChI is InChI=1S/C15H12O2S/c16-15-13-9-5-4-8-12(13)14(17-15)10-18-11-6-2-1-3-7-11/h1-9,14H,10H2. The molecule has 0 fully saturated rings. The van der Waals surface area contributed by atoms with E-state index in [0.29, 0.717) is 5.56 Å². The van der Waals surface area contributed by atoms with Crippen LogP contribution in [0, 0.1) is 0 Å². The van der Waals surface area contributed by atoms with Gasteiger partial charge in [0.2, 0.25) is 0 Å². The second-order valence-electron chi connectivity index (χ2n) is 4.11. The lowest BCUT2D eigenvalue weighted by atomic mass is 10.1. The predicted octanol–water partition coefficient (Wildman–Crippen LogP) is 3.69. The van der Waals surface area contributed by atoms with Crippen LogP contribution < -0.4 is 0 Å². The van der Waals surface area contributed by atoms with E-state index in [1.54, 1.807) is 11.8 Å². The van der Waals surface area contributed by atoms with Crippen molar-refractivity contribution in [1.82, 2.24) is 0 Å². The van der Waals surface area contributed by atoms with Gasteiger partial charge in [-0.2, -0.15) is 0 Å². The predicted molar refractivity (Wildman–Crippen MR) is 71.8 cm³/mol. The van der Waals surface area contributed by atoms with Crippen molar-refractivity contribution >= 4 is 17.7 Å². The molecule has 0 bridgehead atoms. The summed E-state index contributed by atoms with van der Waals surface area (Å²) in [6, 6.07) is 17.7. The van der Waals surface area contributed by atoms with Crippen molar-refractivity contribution in [2.45, 2.75) is 11.0 Å². The lowest BCUT2D eigenvalue weighted by molar-refractivity contribution is 0.0430. The van der Waals surface area contributed by atoms with Gasteiger partial charge in [0.05, 0.1) is 5.56 Å². The van der Waals surface area contributed by atoms with Crippen molar-refractivity contribution < 1.29 is 9.53 Å². The molecule has 0 aliphatic carbocycles. The van der Waals surface area contributed by atoms with Gasteiger partial charge in [-0.3, -0.25) is 0 Å². The van der Waals surface area contributed by atoms with Crippen molar-refractivity contribution in [1.29, 1.82) is 0 Å². The molecule has 2 nitrogen and oxygen atoms in total. The molecule has 18 heavy (non-hydrogen) atoms. The van der Waals surface area contributed by atoms with E-state index < -0.39 is 0 Å². The van der Waals surface area contributed by atoms with Gasteiger partial charge < -0.3 is 4.74 Å². The summed E-state index contributed by atoms with van der Waals surface area (Å²) >= 11 is 1.71. The minimum absolute atomic E-state index is 0.126. The third-order valence-corrected chi connectivity index (χ3v) is 4.00. The van der Waals surface area contributed by atoms with E-state index in [9.17, 15) is 4.79 Å². The number of hydrogen-bond donors (Lipinski definition) is 0. The number of benzene rings is 2. The average molecular weight is 256 g/mol. The van der Waals surface area contributed by atoms with Gasteiger partial charge in [0.15, 0.2) is 0 Å². The van der Waals surface area contributed by atoms with E-state index in [2.05, 4.69) is 12.1 Å². The van der Waals surface area contributed by atoms with Crippen molar-refractivity contribution in [2.24, 2.45) is 0 Å². The van der Waals surface area contributed by atoms with Crippen LogP contribution in [0.2, 0.25) is 0 Å². The molecule has 1 atom stereocenters. The first-order valence-electron chi connectivity index (χ1n) is 5.82. The highest BCUT2D eigenvalue weighted by atomic mass is 32.2. The molecule has 2 aromatic rings. The Labute approximate surface area is 110 Å². The van der Waals surface area contributed by atoms with Crippen molar-refractivity contribution in [3.63, 3.8) is 0 Å². The van der Waals surface area contributed by atoms with Crippen LogP contribution in [0.1, 0.15) is 22.0 Å². The molecule has 0 amide bonds. The fourth-order valence-electron chi connectivity index (χ4n) is 2.03. The fourth-order valence-corrected chi connectivity index (χ4v) is 2.97. The number of cyclic esters (lactones) is 1.